The van der Waals surface area contributed by atoms with Gasteiger partial charge in [-0.1, -0.05) is 38.7 Å². The van der Waals surface area contributed by atoms with E-state index in [1.165, 1.54) is 0 Å². The number of alkyl halides is 1. The van der Waals surface area contributed by atoms with Gasteiger partial charge in [-0.2, -0.15) is 5.10 Å². The summed E-state index contributed by atoms with van der Waals surface area (Å²) in [5.41, 5.74) is 1.16. The van der Waals surface area contributed by atoms with Crippen molar-refractivity contribution in [3.8, 4) is 28.5 Å². The molecule has 0 unspecified atom stereocenters. The van der Waals surface area contributed by atoms with Crippen LogP contribution in [0.25, 0.3) is 22.8 Å². The number of aryl methyl sites for hydroxylation is 1. The summed E-state index contributed by atoms with van der Waals surface area (Å²) in [6.07, 6.45) is 7.98. The van der Waals surface area contributed by atoms with E-state index in [0.29, 0.717) is 40.9 Å². The molecule has 0 amide bonds. The molecule has 2 heterocycles. The Kier molecular flexibility index (Phi) is 6.62. The quantitative estimate of drug-likeness (QED) is 0.576. The molecular weight excluding hydrogens is 409 g/mol. The highest BCUT2D eigenvalue weighted by atomic mass is 19.1. The van der Waals surface area contributed by atoms with Crippen LogP contribution in [0, 0.1) is 5.92 Å². The second kappa shape index (κ2) is 9.58. The normalized spacial score (nSPS) is 21.3. The van der Waals surface area contributed by atoms with E-state index in [1.54, 1.807) is 42.5 Å². The second-order valence-corrected chi connectivity index (χ2v) is 8.63. The highest BCUT2D eigenvalue weighted by Gasteiger charge is 2.31. The fourth-order valence-electron chi connectivity index (χ4n) is 4.53. The van der Waals surface area contributed by atoms with Crippen molar-refractivity contribution in [1.82, 2.24) is 29.9 Å². The fraction of sp³-hybridized carbons (Fsp3) is 0.522. The number of benzene rings is 1. The Hall–Kier alpha value is -3.10. The maximum Gasteiger partial charge on any atom is 0.185 e. The van der Waals surface area contributed by atoms with E-state index in [9.17, 15) is 9.50 Å². The van der Waals surface area contributed by atoms with Crippen LogP contribution >= 0.6 is 0 Å². The van der Waals surface area contributed by atoms with Crippen LogP contribution in [-0.2, 0) is 7.05 Å². The van der Waals surface area contributed by atoms with E-state index in [-0.39, 0.29) is 11.8 Å². The van der Waals surface area contributed by atoms with Gasteiger partial charge in [0.25, 0.3) is 0 Å². The largest absolute Gasteiger partial charge is 0.507 e. The van der Waals surface area contributed by atoms with Crippen molar-refractivity contribution in [2.75, 3.05) is 11.9 Å². The molecular formula is C23H30FN7O. The number of aromatic nitrogens is 6. The summed E-state index contributed by atoms with van der Waals surface area (Å²) >= 11 is 0. The predicted octanol–water partition coefficient (Wildman–Crippen LogP) is 4.17. The highest BCUT2D eigenvalue weighted by Crippen LogP contribution is 2.33. The Bertz CT molecular complexity index is 1040. The third kappa shape index (κ3) is 4.71. The van der Waals surface area contributed by atoms with Gasteiger partial charge in [0.2, 0.25) is 0 Å². The summed E-state index contributed by atoms with van der Waals surface area (Å²) < 4.78 is 16.5. The summed E-state index contributed by atoms with van der Waals surface area (Å²) in [6, 6.07) is 4.89. The van der Waals surface area contributed by atoms with Crippen LogP contribution in [-0.4, -0.2) is 54.3 Å². The molecule has 3 aromatic rings. The van der Waals surface area contributed by atoms with Gasteiger partial charge in [-0.15, -0.1) is 10.2 Å². The number of hydrogen-bond acceptors (Lipinski definition) is 7. The standard InChI is InChI=1S/C23H30FN7O/c1-4-6-15-7-5-8-18(24)19(11-15)31(3)21-13-25-23(28-27-21)17-10-9-16(12-20(17)32)22-26-14-30(2)29-22/h9-10,12-15,18-19,32H,4-8,11H2,1-3H3/t15-,18+,19-/m1/s1. The van der Waals surface area contributed by atoms with Crippen LogP contribution in [0.4, 0.5) is 10.2 Å². The van der Waals surface area contributed by atoms with Crippen molar-refractivity contribution >= 4 is 5.82 Å². The molecule has 1 saturated carbocycles. The van der Waals surface area contributed by atoms with Gasteiger partial charge < -0.3 is 10.0 Å². The van der Waals surface area contributed by atoms with E-state index in [0.717, 1.165) is 32.1 Å². The zero-order valence-electron chi connectivity index (χ0n) is 18.8. The molecule has 170 valence electrons. The molecule has 0 bridgehead atoms. The third-order valence-corrected chi connectivity index (χ3v) is 6.29. The lowest BCUT2D eigenvalue weighted by Crippen LogP contribution is -2.40. The van der Waals surface area contributed by atoms with Gasteiger partial charge in [-0.05, 0) is 30.9 Å². The van der Waals surface area contributed by atoms with E-state index in [1.807, 2.05) is 11.9 Å². The highest BCUT2D eigenvalue weighted by molar-refractivity contribution is 5.70. The first-order chi connectivity index (χ1) is 15.5. The maximum absolute atomic E-state index is 14.9. The number of phenolic OH excluding ortho intramolecular Hbond substituents is 1. The number of hydrogen-bond donors (Lipinski definition) is 1. The third-order valence-electron chi connectivity index (χ3n) is 6.29. The van der Waals surface area contributed by atoms with E-state index in [2.05, 4.69) is 32.2 Å². The molecule has 0 radical (unpaired) electrons. The minimum absolute atomic E-state index is 0.0212. The second-order valence-electron chi connectivity index (χ2n) is 8.63. The van der Waals surface area contributed by atoms with Gasteiger partial charge in [0.1, 0.15) is 18.2 Å². The lowest BCUT2D eigenvalue weighted by atomic mass is 9.93. The number of aromatic hydroxyl groups is 1. The van der Waals surface area contributed by atoms with Crippen molar-refractivity contribution in [2.24, 2.45) is 13.0 Å². The maximum atomic E-state index is 14.9. The molecule has 32 heavy (non-hydrogen) atoms. The average Bonchev–Trinajstić information content (AvgIpc) is 3.14. The molecule has 0 spiro atoms. The topological polar surface area (TPSA) is 92.9 Å². The minimum atomic E-state index is -0.889. The summed E-state index contributed by atoms with van der Waals surface area (Å²) in [5, 5.41) is 23.3. The number of rotatable bonds is 6. The smallest absolute Gasteiger partial charge is 0.185 e. The molecule has 8 nitrogen and oxygen atoms in total. The number of halogens is 1. The molecule has 1 aliphatic rings. The van der Waals surface area contributed by atoms with Crippen molar-refractivity contribution < 1.29 is 9.50 Å². The zero-order valence-corrected chi connectivity index (χ0v) is 18.8. The van der Waals surface area contributed by atoms with Crippen LogP contribution in [0.15, 0.2) is 30.7 Å². The molecule has 1 aliphatic carbocycles. The van der Waals surface area contributed by atoms with Gasteiger partial charge in [0, 0.05) is 19.7 Å². The van der Waals surface area contributed by atoms with Crippen LogP contribution in [0.5, 0.6) is 5.75 Å². The number of nitrogens with zero attached hydrogens (tertiary/aromatic N) is 7. The van der Waals surface area contributed by atoms with Crippen LogP contribution in [0.3, 0.4) is 0 Å². The molecule has 3 atom stereocenters. The van der Waals surface area contributed by atoms with Gasteiger partial charge in [-0.3, -0.25) is 4.68 Å². The first-order valence-corrected chi connectivity index (χ1v) is 11.2. The van der Waals surface area contributed by atoms with Gasteiger partial charge in [0.15, 0.2) is 17.5 Å². The lowest BCUT2D eigenvalue weighted by molar-refractivity contribution is 0.252. The zero-order chi connectivity index (χ0) is 22.7. The summed E-state index contributed by atoms with van der Waals surface area (Å²) in [5.74, 6) is 1.93. The minimum Gasteiger partial charge on any atom is -0.507 e. The predicted molar refractivity (Wildman–Crippen MR) is 121 cm³/mol. The number of phenols is 1. The molecule has 1 fully saturated rings. The Morgan fingerprint density at radius 1 is 1.19 bits per heavy atom. The monoisotopic (exact) mass is 439 g/mol. The summed E-state index contributed by atoms with van der Waals surface area (Å²) in [6.45, 7) is 2.18. The Labute approximate surface area is 187 Å². The lowest BCUT2D eigenvalue weighted by Gasteiger charge is -2.31. The summed E-state index contributed by atoms with van der Waals surface area (Å²) in [7, 11) is 3.65. The van der Waals surface area contributed by atoms with Crippen LogP contribution in [0.1, 0.15) is 45.4 Å². The van der Waals surface area contributed by atoms with Crippen molar-refractivity contribution in [3.63, 3.8) is 0 Å². The molecule has 0 aliphatic heterocycles. The van der Waals surface area contributed by atoms with Gasteiger partial charge >= 0.3 is 0 Å². The van der Waals surface area contributed by atoms with Crippen molar-refractivity contribution in [2.45, 2.75) is 57.7 Å². The first-order valence-electron chi connectivity index (χ1n) is 11.2. The SMILES string of the molecule is CCC[C@@H]1CCC[C@H](F)[C@H](N(C)c2cnc(-c3ccc(-c4ncn(C)n4)cc3O)nn2)C1. The fourth-order valence-corrected chi connectivity index (χ4v) is 4.53. The Balaban J connectivity index is 1.52. The Morgan fingerprint density at radius 2 is 2.03 bits per heavy atom. The van der Waals surface area contributed by atoms with Gasteiger partial charge in [0.05, 0.1) is 17.8 Å². The molecule has 9 heteroatoms. The Morgan fingerprint density at radius 3 is 2.69 bits per heavy atom. The molecule has 1 aromatic carbocycles. The van der Waals surface area contributed by atoms with Crippen molar-refractivity contribution in [3.05, 3.63) is 30.7 Å². The van der Waals surface area contributed by atoms with Crippen LogP contribution < -0.4 is 4.90 Å². The van der Waals surface area contributed by atoms with E-state index in [4.69, 9.17) is 0 Å². The average molecular weight is 440 g/mol. The van der Waals surface area contributed by atoms with E-state index >= 15 is 0 Å². The summed E-state index contributed by atoms with van der Waals surface area (Å²) in [4.78, 5) is 10.5. The van der Waals surface area contributed by atoms with E-state index < -0.39 is 6.17 Å². The molecule has 4 rings (SSSR count). The van der Waals surface area contributed by atoms with Crippen molar-refractivity contribution in [1.29, 1.82) is 0 Å². The van der Waals surface area contributed by atoms with Crippen LogP contribution in [0.2, 0.25) is 0 Å². The first kappa shape index (κ1) is 22.1. The molecule has 2 aromatic heterocycles. The molecule has 1 N–H and O–H groups in total. The number of anilines is 1. The van der Waals surface area contributed by atoms with Gasteiger partial charge in [-0.25, -0.2) is 14.4 Å². The molecule has 0 saturated heterocycles.